The highest BCUT2D eigenvalue weighted by atomic mass is 16.1. The van der Waals surface area contributed by atoms with Crippen molar-refractivity contribution in [3.05, 3.63) is 24.3 Å². The Bertz CT molecular complexity index is 261. The van der Waals surface area contributed by atoms with E-state index in [0.29, 0.717) is 0 Å². The molecule has 0 rings (SSSR count). The Morgan fingerprint density at radius 1 is 1.41 bits per heavy atom. The molecule has 0 aromatic rings. The van der Waals surface area contributed by atoms with Gasteiger partial charge in [-0.1, -0.05) is 44.4 Å². The normalized spacial score (nSPS) is 15.8. The van der Waals surface area contributed by atoms with Crippen molar-refractivity contribution in [3.63, 3.8) is 0 Å². The van der Waals surface area contributed by atoms with Gasteiger partial charge in [0, 0.05) is 5.92 Å². The Morgan fingerprint density at radius 3 is 2.47 bits per heavy atom. The maximum Gasteiger partial charge on any atom is 0.123 e. The predicted molar refractivity (Wildman–Crippen MR) is 76.0 cm³/mol. The van der Waals surface area contributed by atoms with Crippen LogP contribution in [0.25, 0.3) is 0 Å². The van der Waals surface area contributed by atoms with Crippen molar-refractivity contribution < 1.29 is 4.79 Å². The maximum atomic E-state index is 11.3. The van der Waals surface area contributed by atoms with E-state index in [9.17, 15) is 4.79 Å². The number of hydrogen-bond acceptors (Lipinski definition) is 1. The number of carbonyl (C=O) groups is 1. The minimum atomic E-state index is -0.0527. The fourth-order valence-corrected chi connectivity index (χ4v) is 2.09. The molecular formula is C16H28O. The zero-order valence-electron chi connectivity index (χ0n) is 12.0. The summed E-state index contributed by atoms with van der Waals surface area (Å²) in [5.41, 5.74) is 1.29. The molecule has 0 saturated heterocycles. The van der Waals surface area contributed by atoms with Crippen LogP contribution in [0.1, 0.15) is 59.8 Å². The van der Waals surface area contributed by atoms with Gasteiger partial charge in [0.15, 0.2) is 0 Å². The summed E-state index contributed by atoms with van der Waals surface area (Å²) in [6.07, 6.45) is 10.6. The molecule has 0 amide bonds. The highest BCUT2D eigenvalue weighted by Gasteiger charge is 2.29. The molecule has 0 saturated carbocycles. The van der Waals surface area contributed by atoms with E-state index in [4.69, 9.17) is 0 Å². The molecule has 0 heterocycles. The molecule has 0 spiro atoms. The average Bonchev–Trinajstić information content (AvgIpc) is 2.29. The second-order valence-electron chi connectivity index (χ2n) is 5.41. The Balaban J connectivity index is 4.54. The molecule has 0 aromatic carbocycles. The molecule has 0 bridgehead atoms. The van der Waals surface area contributed by atoms with Gasteiger partial charge >= 0.3 is 0 Å². The standard InChI is InChI=1S/C16H28O/c1-6-8-11-15(13-17)16(5,7-2)12-9-10-14(3)4/h7,10,13,15H,2,6,8-9,11-12H2,1,3-5H3. The van der Waals surface area contributed by atoms with E-state index >= 15 is 0 Å². The Hall–Kier alpha value is -0.850. The Morgan fingerprint density at radius 2 is 2.06 bits per heavy atom. The molecule has 1 heteroatoms. The third kappa shape index (κ3) is 5.86. The van der Waals surface area contributed by atoms with Crippen molar-refractivity contribution in [1.29, 1.82) is 0 Å². The van der Waals surface area contributed by atoms with Crippen LogP contribution in [-0.2, 0) is 4.79 Å². The van der Waals surface area contributed by atoms with Gasteiger partial charge in [-0.25, -0.2) is 0 Å². The van der Waals surface area contributed by atoms with Gasteiger partial charge in [0.2, 0.25) is 0 Å². The van der Waals surface area contributed by atoms with Crippen LogP contribution in [0.15, 0.2) is 24.3 Å². The molecule has 0 aromatic heterocycles. The van der Waals surface area contributed by atoms with Gasteiger partial charge in [0.25, 0.3) is 0 Å². The summed E-state index contributed by atoms with van der Waals surface area (Å²) in [5.74, 6) is 0.116. The Kier molecular flexibility index (Phi) is 7.86. The van der Waals surface area contributed by atoms with Crippen molar-refractivity contribution in [2.45, 2.75) is 59.8 Å². The molecule has 0 N–H and O–H groups in total. The molecule has 1 nitrogen and oxygen atoms in total. The summed E-state index contributed by atoms with van der Waals surface area (Å²) < 4.78 is 0. The van der Waals surface area contributed by atoms with Gasteiger partial charge in [-0.15, -0.1) is 6.58 Å². The molecule has 0 aliphatic heterocycles. The predicted octanol–water partition coefficient (Wildman–Crippen LogP) is 4.93. The second kappa shape index (κ2) is 8.27. The average molecular weight is 236 g/mol. The summed E-state index contributed by atoms with van der Waals surface area (Å²) in [6.45, 7) is 12.5. The van der Waals surface area contributed by atoms with E-state index in [1.807, 2.05) is 6.08 Å². The topological polar surface area (TPSA) is 17.1 Å². The molecule has 0 radical (unpaired) electrons. The van der Waals surface area contributed by atoms with E-state index in [1.54, 1.807) is 0 Å². The monoisotopic (exact) mass is 236 g/mol. The van der Waals surface area contributed by atoms with E-state index in [0.717, 1.165) is 38.4 Å². The zero-order valence-corrected chi connectivity index (χ0v) is 12.0. The number of unbranched alkanes of at least 4 members (excludes halogenated alkanes) is 1. The summed E-state index contributed by atoms with van der Waals surface area (Å²) in [7, 11) is 0. The summed E-state index contributed by atoms with van der Waals surface area (Å²) >= 11 is 0. The molecule has 2 unspecified atom stereocenters. The molecule has 2 atom stereocenters. The van der Waals surface area contributed by atoms with Crippen molar-refractivity contribution in [2.75, 3.05) is 0 Å². The van der Waals surface area contributed by atoms with Crippen molar-refractivity contribution >= 4 is 6.29 Å². The third-order valence-corrected chi connectivity index (χ3v) is 3.58. The molecule has 0 aliphatic carbocycles. The maximum absolute atomic E-state index is 11.3. The molecule has 0 fully saturated rings. The van der Waals surface area contributed by atoms with Crippen LogP contribution < -0.4 is 0 Å². The van der Waals surface area contributed by atoms with Crippen LogP contribution in [0.4, 0.5) is 0 Å². The van der Waals surface area contributed by atoms with Crippen molar-refractivity contribution in [3.8, 4) is 0 Å². The van der Waals surface area contributed by atoms with Gasteiger partial charge in [-0.05, 0) is 38.5 Å². The lowest BCUT2D eigenvalue weighted by atomic mass is 9.72. The van der Waals surface area contributed by atoms with Gasteiger partial charge in [-0.2, -0.15) is 0 Å². The minimum Gasteiger partial charge on any atom is -0.303 e. The first kappa shape index (κ1) is 16.1. The number of carbonyl (C=O) groups excluding carboxylic acids is 1. The number of aldehydes is 1. The molecule has 0 aliphatic rings. The zero-order chi connectivity index (χ0) is 13.3. The van der Waals surface area contributed by atoms with Crippen LogP contribution in [-0.4, -0.2) is 6.29 Å². The first-order valence-corrected chi connectivity index (χ1v) is 6.72. The molecule has 98 valence electrons. The second-order valence-corrected chi connectivity index (χ2v) is 5.41. The summed E-state index contributed by atoms with van der Waals surface area (Å²) in [5, 5.41) is 0. The van der Waals surface area contributed by atoms with E-state index < -0.39 is 0 Å². The summed E-state index contributed by atoms with van der Waals surface area (Å²) in [4.78, 5) is 11.3. The van der Waals surface area contributed by atoms with E-state index in [-0.39, 0.29) is 11.3 Å². The first-order valence-electron chi connectivity index (χ1n) is 6.72. The smallest absolute Gasteiger partial charge is 0.123 e. The lowest BCUT2D eigenvalue weighted by Gasteiger charge is -2.31. The van der Waals surface area contributed by atoms with Gasteiger partial charge in [0.05, 0.1) is 0 Å². The van der Waals surface area contributed by atoms with E-state index in [1.165, 1.54) is 5.57 Å². The largest absolute Gasteiger partial charge is 0.303 e. The van der Waals surface area contributed by atoms with Crippen LogP contribution in [0, 0.1) is 11.3 Å². The lowest BCUT2D eigenvalue weighted by Crippen LogP contribution is -2.26. The molecular weight excluding hydrogens is 208 g/mol. The third-order valence-electron chi connectivity index (χ3n) is 3.58. The number of rotatable bonds is 9. The van der Waals surface area contributed by atoms with Crippen LogP contribution in [0.5, 0.6) is 0 Å². The number of hydrogen-bond donors (Lipinski definition) is 0. The van der Waals surface area contributed by atoms with Crippen LogP contribution in [0.3, 0.4) is 0 Å². The first-order chi connectivity index (χ1) is 8.00. The van der Waals surface area contributed by atoms with Gasteiger partial charge < -0.3 is 4.79 Å². The minimum absolute atomic E-state index is 0.0527. The fraction of sp³-hybridized carbons (Fsp3) is 0.688. The van der Waals surface area contributed by atoms with Gasteiger partial charge in [0.1, 0.15) is 6.29 Å². The SMILES string of the molecule is C=CC(C)(CCC=C(C)C)C(C=O)CCCC. The van der Waals surface area contributed by atoms with Crippen molar-refractivity contribution in [2.24, 2.45) is 11.3 Å². The van der Waals surface area contributed by atoms with E-state index in [2.05, 4.69) is 40.3 Å². The van der Waals surface area contributed by atoms with Crippen molar-refractivity contribution in [1.82, 2.24) is 0 Å². The summed E-state index contributed by atoms with van der Waals surface area (Å²) in [6, 6.07) is 0. The molecule has 17 heavy (non-hydrogen) atoms. The van der Waals surface area contributed by atoms with Gasteiger partial charge in [-0.3, -0.25) is 0 Å². The lowest BCUT2D eigenvalue weighted by molar-refractivity contribution is -0.114. The highest BCUT2D eigenvalue weighted by Crippen LogP contribution is 2.36. The number of allylic oxidation sites excluding steroid dienone is 3. The fourth-order valence-electron chi connectivity index (χ4n) is 2.09. The van der Waals surface area contributed by atoms with Crippen LogP contribution in [0.2, 0.25) is 0 Å². The highest BCUT2D eigenvalue weighted by molar-refractivity contribution is 5.55. The Labute approximate surface area is 107 Å². The quantitative estimate of drug-likeness (QED) is 0.410. The van der Waals surface area contributed by atoms with Crippen LogP contribution >= 0.6 is 0 Å².